The van der Waals surface area contributed by atoms with Crippen molar-refractivity contribution in [1.82, 2.24) is 5.32 Å². The molecule has 2 atom stereocenters. The first-order valence-electron chi connectivity index (χ1n) is 9.60. The first-order valence-corrected chi connectivity index (χ1v) is 10.5. The highest BCUT2D eigenvalue weighted by Gasteiger charge is 2.37. The Balaban J connectivity index is 1.86. The first kappa shape index (κ1) is 19.8. The molecule has 0 aliphatic carbocycles. The maximum Gasteiger partial charge on any atom is 0.257 e. The second-order valence-corrected chi connectivity index (χ2v) is 8.14. The van der Waals surface area contributed by atoms with Gasteiger partial charge < -0.3 is 20.1 Å². The molecule has 1 aliphatic rings. The van der Waals surface area contributed by atoms with Crippen LogP contribution in [-0.2, 0) is 4.79 Å². The van der Waals surface area contributed by atoms with Crippen LogP contribution in [0.15, 0.2) is 65.6 Å². The van der Waals surface area contributed by atoms with Crippen molar-refractivity contribution >= 4 is 34.1 Å². The number of carbonyl (C=O) groups excluding carboxylic acids is 1. The number of anilines is 1. The van der Waals surface area contributed by atoms with Gasteiger partial charge in [0.15, 0.2) is 0 Å². The molecule has 150 valence electrons. The summed E-state index contributed by atoms with van der Waals surface area (Å²) in [7, 11) is 3.48. The van der Waals surface area contributed by atoms with E-state index in [1.165, 1.54) is 0 Å². The van der Waals surface area contributed by atoms with Crippen LogP contribution >= 0.6 is 11.8 Å². The highest BCUT2D eigenvalue weighted by atomic mass is 32.2. The molecule has 0 aromatic heterocycles. The molecule has 0 spiro atoms. The summed E-state index contributed by atoms with van der Waals surface area (Å²) in [5.74, 6) is 0.470. The minimum Gasteiger partial charge on any atom is -0.497 e. The molecule has 4 rings (SSSR count). The summed E-state index contributed by atoms with van der Waals surface area (Å²) in [4.78, 5) is 16.0. The minimum atomic E-state index is -1.14. The summed E-state index contributed by atoms with van der Waals surface area (Å²) in [6, 6.07) is 19.7. The summed E-state index contributed by atoms with van der Waals surface area (Å²) in [5, 5.41) is 15.9. The van der Waals surface area contributed by atoms with Crippen LogP contribution in [0.25, 0.3) is 10.8 Å². The second kappa shape index (κ2) is 8.45. The molecule has 2 N–H and O–H groups in total. The molecule has 2 unspecified atom stereocenters. The van der Waals surface area contributed by atoms with Gasteiger partial charge in [-0.1, -0.05) is 42.5 Å². The molecule has 3 aromatic rings. The number of rotatable bonds is 5. The average Bonchev–Trinajstić information content (AvgIpc) is 2.87. The van der Waals surface area contributed by atoms with Gasteiger partial charge in [0.1, 0.15) is 11.9 Å². The lowest BCUT2D eigenvalue weighted by molar-refractivity contribution is -0.126. The fourth-order valence-corrected chi connectivity index (χ4v) is 5.07. The van der Waals surface area contributed by atoms with Crippen LogP contribution in [0, 0.1) is 0 Å². The maximum atomic E-state index is 13.3. The van der Waals surface area contributed by atoms with Crippen molar-refractivity contribution in [2.45, 2.75) is 16.2 Å². The van der Waals surface area contributed by atoms with Crippen molar-refractivity contribution in [3.63, 3.8) is 0 Å². The summed E-state index contributed by atoms with van der Waals surface area (Å²) < 4.78 is 5.25. The number of hydrogen-bond acceptors (Lipinski definition) is 5. The van der Waals surface area contributed by atoms with Gasteiger partial charge in [0.25, 0.3) is 5.91 Å². The molecule has 0 fully saturated rings. The summed E-state index contributed by atoms with van der Waals surface area (Å²) in [6.45, 7) is 1.14. The SMILES string of the molecule is CNCCN1C(=O)C(O)C(c2ccc(OC)cc2)Sc2c1ccc1ccccc21. The molecular weight excluding hydrogens is 384 g/mol. The van der Waals surface area contributed by atoms with Crippen LogP contribution in [0.5, 0.6) is 5.75 Å². The molecule has 0 radical (unpaired) electrons. The van der Waals surface area contributed by atoms with Crippen LogP contribution < -0.4 is 15.0 Å². The first-order chi connectivity index (χ1) is 14.1. The molecule has 29 heavy (non-hydrogen) atoms. The highest BCUT2D eigenvalue weighted by molar-refractivity contribution is 8.00. The van der Waals surface area contributed by atoms with Gasteiger partial charge >= 0.3 is 0 Å². The molecule has 1 aliphatic heterocycles. The lowest BCUT2D eigenvalue weighted by Gasteiger charge is -2.25. The number of amides is 1. The summed E-state index contributed by atoms with van der Waals surface area (Å²) >= 11 is 1.55. The van der Waals surface area contributed by atoms with Gasteiger partial charge in [0.05, 0.1) is 18.0 Å². The number of ether oxygens (including phenoxy) is 1. The Morgan fingerprint density at radius 2 is 1.86 bits per heavy atom. The van der Waals surface area contributed by atoms with E-state index >= 15 is 0 Å². The summed E-state index contributed by atoms with van der Waals surface area (Å²) in [6.07, 6.45) is -1.14. The van der Waals surface area contributed by atoms with E-state index < -0.39 is 11.4 Å². The molecule has 6 heteroatoms. The molecule has 0 saturated heterocycles. The molecule has 3 aromatic carbocycles. The van der Waals surface area contributed by atoms with E-state index in [4.69, 9.17) is 4.74 Å². The Bertz CT molecular complexity index is 1020. The number of thioether (sulfide) groups is 1. The molecule has 5 nitrogen and oxygen atoms in total. The summed E-state index contributed by atoms with van der Waals surface area (Å²) in [5.41, 5.74) is 1.75. The van der Waals surface area contributed by atoms with Crippen molar-refractivity contribution in [2.75, 3.05) is 32.1 Å². The van der Waals surface area contributed by atoms with E-state index in [2.05, 4.69) is 17.4 Å². The maximum absolute atomic E-state index is 13.3. The monoisotopic (exact) mass is 408 g/mol. The topological polar surface area (TPSA) is 61.8 Å². The van der Waals surface area contributed by atoms with E-state index in [0.717, 1.165) is 32.7 Å². The minimum absolute atomic E-state index is 0.275. The number of hydrogen-bond donors (Lipinski definition) is 2. The van der Waals surface area contributed by atoms with Gasteiger partial charge in [-0.2, -0.15) is 0 Å². The quantitative estimate of drug-likeness (QED) is 0.675. The largest absolute Gasteiger partial charge is 0.497 e. The third-order valence-corrected chi connectivity index (χ3v) is 6.68. The number of aliphatic hydroxyl groups is 1. The predicted molar refractivity (Wildman–Crippen MR) is 118 cm³/mol. The number of likely N-dealkylation sites (N-methyl/N-ethyl adjacent to an activating group) is 1. The standard InChI is InChI=1S/C23H24N2O3S/c1-24-13-14-25-19-12-9-15-5-3-4-6-18(15)22(19)29-21(20(26)23(25)27)16-7-10-17(28-2)11-8-16/h3-12,20-21,24,26H,13-14H2,1-2H3. The number of fused-ring (bicyclic) bond motifs is 3. The Morgan fingerprint density at radius 1 is 1.10 bits per heavy atom. The van der Waals surface area contributed by atoms with Crippen molar-refractivity contribution in [3.05, 3.63) is 66.2 Å². The molecule has 0 saturated carbocycles. The van der Waals surface area contributed by atoms with Crippen LogP contribution in [0.4, 0.5) is 5.69 Å². The molecule has 0 bridgehead atoms. The number of benzene rings is 3. The number of nitrogens with zero attached hydrogens (tertiary/aromatic N) is 1. The van der Waals surface area contributed by atoms with Crippen LogP contribution in [0.1, 0.15) is 10.8 Å². The van der Waals surface area contributed by atoms with Gasteiger partial charge in [-0.3, -0.25) is 4.79 Å². The van der Waals surface area contributed by atoms with E-state index in [0.29, 0.717) is 13.1 Å². The lowest BCUT2D eigenvalue weighted by atomic mass is 10.1. The number of nitrogens with one attached hydrogen (secondary N) is 1. The van der Waals surface area contributed by atoms with Gasteiger partial charge in [0.2, 0.25) is 0 Å². The molecular formula is C23H24N2O3S. The average molecular weight is 409 g/mol. The molecule has 1 amide bonds. The van der Waals surface area contributed by atoms with Gasteiger partial charge in [-0.15, -0.1) is 11.8 Å². The van der Waals surface area contributed by atoms with Crippen molar-refractivity contribution in [1.29, 1.82) is 0 Å². The number of aliphatic hydroxyl groups excluding tert-OH is 1. The van der Waals surface area contributed by atoms with Gasteiger partial charge in [0, 0.05) is 18.0 Å². The fourth-order valence-electron chi connectivity index (χ4n) is 3.67. The van der Waals surface area contributed by atoms with E-state index in [1.54, 1.807) is 23.8 Å². The van der Waals surface area contributed by atoms with Gasteiger partial charge in [-0.05, 0) is 41.6 Å². The fraction of sp³-hybridized carbons (Fsp3) is 0.261. The lowest BCUT2D eigenvalue weighted by Crippen LogP contribution is -2.43. The van der Waals surface area contributed by atoms with Crippen molar-refractivity contribution < 1.29 is 14.6 Å². The zero-order chi connectivity index (χ0) is 20.4. The highest BCUT2D eigenvalue weighted by Crippen LogP contribution is 2.48. The van der Waals surface area contributed by atoms with Gasteiger partial charge in [-0.25, -0.2) is 0 Å². The Morgan fingerprint density at radius 3 is 2.59 bits per heavy atom. The predicted octanol–water partition coefficient (Wildman–Crippen LogP) is 3.61. The van der Waals surface area contributed by atoms with E-state index in [-0.39, 0.29) is 5.91 Å². The van der Waals surface area contributed by atoms with Crippen LogP contribution in [0.2, 0.25) is 0 Å². The smallest absolute Gasteiger partial charge is 0.257 e. The van der Waals surface area contributed by atoms with Crippen LogP contribution in [-0.4, -0.2) is 44.4 Å². The zero-order valence-corrected chi connectivity index (χ0v) is 17.3. The van der Waals surface area contributed by atoms with E-state index in [1.807, 2.05) is 55.6 Å². The van der Waals surface area contributed by atoms with Crippen molar-refractivity contribution in [2.24, 2.45) is 0 Å². The third kappa shape index (κ3) is 3.71. The second-order valence-electron chi connectivity index (χ2n) is 6.98. The van der Waals surface area contributed by atoms with Crippen LogP contribution in [0.3, 0.4) is 0 Å². The molecule has 1 heterocycles. The Labute approximate surface area is 174 Å². The normalized spacial score (nSPS) is 19.1. The zero-order valence-electron chi connectivity index (χ0n) is 16.5. The van der Waals surface area contributed by atoms with E-state index in [9.17, 15) is 9.90 Å². The Hall–Kier alpha value is -2.54. The third-order valence-electron chi connectivity index (χ3n) is 5.23. The Kier molecular flexibility index (Phi) is 5.76. The van der Waals surface area contributed by atoms with Crippen molar-refractivity contribution in [3.8, 4) is 5.75 Å². The number of methoxy groups -OCH3 is 1. The number of carbonyl (C=O) groups is 1.